The summed E-state index contributed by atoms with van der Waals surface area (Å²) < 4.78 is 5.13. The minimum atomic E-state index is -0.289. The second kappa shape index (κ2) is 9.77. The Kier molecular flexibility index (Phi) is 8.38. The molecule has 0 bridgehead atoms. The van der Waals surface area contributed by atoms with E-state index in [-0.39, 0.29) is 17.6 Å². The average Bonchev–Trinajstić information content (AvgIpc) is 2.82. The molecule has 1 atom stereocenters. The van der Waals surface area contributed by atoms with Gasteiger partial charge in [0.2, 0.25) is 0 Å². The summed E-state index contributed by atoms with van der Waals surface area (Å²) in [7, 11) is 0. The summed E-state index contributed by atoms with van der Waals surface area (Å²) in [5.41, 5.74) is -0.000666. The lowest BCUT2D eigenvalue weighted by atomic mass is 9.87. The molecule has 0 unspecified atom stereocenters. The highest BCUT2D eigenvalue weighted by Gasteiger charge is 2.39. The highest BCUT2D eigenvalue weighted by Crippen LogP contribution is 2.28. The SMILES string of the molecule is CCCCCCCCCCC#CN1C(=O)OC[C@@H]1C(C)(C)C. The predicted molar refractivity (Wildman–Crippen MR) is 91.4 cm³/mol. The Morgan fingerprint density at radius 1 is 1.09 bits per heavy atom. The molecule has 3 heteroatoms. The molecule has 0 N–H and O–H groups in total. The molecule has 1 aliphatic heterocycles. The third kappa shape index (κ3) is 6.73. The van der Waals surface area contributed by atoms with Crippen molar-refractivity contribution in [3.63, 3.8) is 0 Å². The van der Waals surface area contributed by atoms with Crippen molar-refractivity contribution in [3.8, 4) is 12.0 Å². The van der Waals surface area contributed by atoms with Crippen LogP contribution in [-0.4, -0.2) is 23.6 Å². The minimum Gasteiger partial charge on any atom is -0.446 e. The van der Waals surface area contributed by atoms with Gasteiger partial charge in [-0.2, -0.15) is 0 Å². The number of hydrogen-bond acceptors (Lipinski definition) is 2. The van der Waals surface area contributed by atoms with E-state index in [4.69, 9.17) is 4.74 Å². The monoisotopic (exact) mass is 307 g/mol. The van der Waals surface area contributed by atoms with Crippen molar-refractivity contribution in [2.24, 2.45) is 5.41 Å². The van der Waals surface area contributed by atoms with Crippen LogP contribution >= 0.6 is 0 Å². The molecule has 1 rings (SSSR count). The maximum Gasteiger partial charge on any atom is 0.422 e. The first kappa shape index (κ1) is 18.9. The molecule has 0 radical (unpaired) electrons. The van der Waals surface area contributed by atoms with Crippen LogP contribution in [0.25, 0.3) is 0 Å². The van der Waals surface area contributed by atoms with E-state index in [1.54, 1.807) is 4.90 Å². The number of hydrogen-bond donors (Lipinski definition) is 0. The van der Waals surface area contributed by atoms with Gasteiger partial charge in [0.1, 0.15) is 6.61 Å². The van der Waals surface area contributed by atoms with Gasteiger partial charge in [-0.05, 0) is 11.8 Å². The molecule has 1 fully saturated rings. The van der Waals surface area contributed by atoms with E-state index in [1.165, 1.54) is 44.9 Å². The van der Waals surface area contributed by atoms with E-state index >= 15 is 0 Å². The van der Waals surface area contributed by atoms with Crippen molar-refractivity contribution in [2.45, 2.75) is 91.5 Å². The molecule has 1 aliphatic rings. The molecule has 0 aliphatic carbocycles. The van der Waals surface area contributed by atoms with Gasteiger partial charge >= 0.3 is 6.09 Å². The maximum atomic E-state index is 11.7. The van der Waals surface area contributed by atoms with Gasteiger partial charge in [0, 0.05) is 12.5 Å². The number of carbonyl (C=O) groups is 1. The first-order chi connectivity index (χ1) is 10.5. The molecule has 22 heavy (non-hydrogen) atoms. The first-order valence-electron chi connectivity index (χ1n) is 8.91. The van der Waals surface area contributed by atoms with E-state index in [2.05, 4.69) is 39.7 Å². The quantitative estimate of drug-likeness (QED) is 0.447. The average molecular weight is 307 g/mol. The summed E-state index contributed by atoms with van der Waals surface area (Å²) in [6, 6.07) is 3.08. The summed E-state index contributed by atoms with van der Waals surface area (Å²) in [6.45, 7) is 9.06. The second-order valence-corrected chi connectivity index (χ2v) is 7.34. The van der Waals surface area contributed by atoms with E-state index < -0.39 is 0 Å². The van der Waals surface area contributed by atoms with Crippen LogP contribution in [0, 0.1) is 17.4 Å². The smallest absolute Gasteiger partial charge is 0.422 e. The van der Waals surface area contributed by atoms with Gasteiger partial charge in [-0.25, -0.2) is 9.69 Å². The van der Waals surface area contributed by atoms with Crippen LogP contribution in [0.15, 0.2) is 0 Å². The van der Waals surface area contributed by atoms with Crippen molar-refractivity contribution >= 4 is 6.09 Å². The van der Waals surface area contributed by atoms with Gasteiger partial charge in [0.15, 0.2) is 0 Å². The van der Waals surface area contributed by atoms with E-state index in [0.29, 0.717) is 6.61 Å². The topological polar surface area (TPSA) is 29.5 Å². The van der Waals surface area contributed by atoms with E-state index in [0.717, 1.165) is 12.8 Å². The lowest BCUT2D eigenvalue weighted by Gasteiger charge is -2.28. The molecule has 0 aromatic heterocycles. The summed E-state index contributed by atoms with van der Waals surface area (Å²) in [6.07, 6.45) is 11.0. The first-order valence-corrected chi connectivity index (χ1v) is 8.91. The van der Waals surface area contributed by atoms with Crippen LogP contribution in [0.5, 0.6) is 0 Å². The fourth-order valence-electron chi connectivity index (χ4n) is 2.67. The molecule has 0 spiro atoms. The molecule has 0 aromatic carbocycles. The van der Waals surface area contributed by atoms with Crippen molar-refractivity contribution < 1.29 is 9.53 Å². The molecular weight excluding hydrogens is 274 g/mol. The number of cyclic esters (lactones) is 1. The van der Waals surface area contributed by atoms with Crippen LogP contribution in [0.2, 0.25) is 0 Å². The summed E-state index contributed by atoms with van der Waals surface area (Å²) >= 11 is 0. The maximum absolute atomic E-state index is 11.7. The fraction of sp³-hybridized carbons (Fsp3) is 0.842. The van der Waals surface area contributed by atoms with Crippen molar-refractivity contribution in [1.82, 2.24) is 4.90 Å². The van der Waals surface area contributed by atoms with Gasteiger partial charge in [-0.3, -0.25) is 0 Å². The normalized spacial score (nSPS) is 18.1. The molecular formula is C19H33NO2. The zero-order chi connectivity index (χ0) is 16.4. The van der Waals surface area contributed by atoms with Crippen molar-refractivity contribution in [3.05, 3.63) is 0 Å². The summed E-state index contributed by atoms with van der Waals surface area (Å²) in [5.74, 6) is 3.15. The van der Waals surface area contributed by atoms with E-state index in [1.807, 2.05) is 0 Å². The molecule has 1 amide bonds. The number of unbranched alkanes of at least 4 members (excludes halogenated alkanes) is 8. The molecule has 1 saturated heterocycles. The third-order valence-corrected chi connectivity index (χ3v) is 4.23. The Bertz CT molecular complexity index is 386. The van der Waals surface area contributed by atoms with Crippen molar-refractivity contribution in [1.29, 1.82) is 0 Å². The van der Waals surface area contributed by atoms with E-state index in [9.17, 15) is 4.79 Å². The van der Waals surface area contributed by atoms with Crippen LogP contribution in [0.1, 0.15) is 85.5 Å². The van der Waals surface area contributed by atoms with Gasteiger partial charge in [-0.1, -0.05) is 78.6 Å². The lowest BCUT2D eigenvalue weighted by molar-refractivity contribution is 0.167. The Balaban J connectivity index is 2.19. The largest absolute Gasteiger partial charge is 0.446 e. The van der Waals surface area contributed by atoms with Crippen molar-refractivity contribution in [2.75, 3.05) is 6.61 Å². The highest BCUT2D eigenvalue weighted by atomic mass is 16.6. The third-order valence-electron chi connectivity index (χ3n) is 4.23. The lowest BCUT2D eigenvalue weighted by Crippen LogP contribution is -2.39. The number of ether oxygens (including phenoxy) is 1. The molecule has 0 saturated carbocycles. The zero-order valence-corrected chi connectivity index (χ0v) is 14.9. The van der Waals surface area contributed by atoms with Gasteiger partial charge in [-0.15, -0.1) is 0 Å². The Hall–Kier alpha value is -1.17. The van der Waals surface area contributed by atoms with Gasteiger partial charge < -0.3 is 4.74 Å². The molecule has 1 heterocycles. The minimum absolute atomic E-state index is 0.000666. The number of amides is 1. The Morgan fingerprint density at radius 3 is 2.27 bits per heavy atom. The summed E-state index contributed by atoms with van der Waals surface area (Å²) in [4.78, 5) is 13.3. The van der Waals surface area contributed by atoms with Gasteiger partial charge in [0.05, 0.1) is 6.04 Å². The Labute approximate surface area is 136 Å². The molecule has 126 valence electrons. The molecule has 0 aromatic rings. The second-order valence-electron chi connectivity index (χ2n) is 7.34. The zero-order valence-electron chi connectivity index (χ0n) is 14.9. The van der Waals surface area contributed by atoms with Crippen LogP contribution in [0.3, 0.4) is 0 Å². The standard InChI is InChI=1S/C19H33NO2/c1-5-6-7-8-9-10-11-12-13-14-15-20-17(19(2,3)4)16-22-18(20)21/h17H,5-13,16H2,1-4H3/t17-/m1/s1. The highest BCUT2D eigenvalue weighted by molar-refractivity contribution is 5.72. The fourth-order valence-corrected chi connectivity index (χ4v) is 2.67. The van der Waals surface area contributed by atoms with Crippen LogP contribution in [0.4, 0.5) is 4.79 Å². The predicted octanol–water partition coefficient (Wildman–Crippen LogP) is 5.35. The van der Waals surface area contributed by atoms with Crippen LogP contribution in [-0.2, 0) is 4.74 Å². The van der Waals surface area contributed by atoms with Crippen LogP contribution < -0.4 is 0 Å². The number of nitrogens with zero attached hydrogens (tertiary/aromatic N) is 1. The Morgan fingerprint density at radius 2 is 1.68 bits per heavy atom. The summed E-state index contributed by atoms with van der Waals surface area (Å²) in [5, 5.41) is 0. The number of carbonyl (C=O) groups excluding carboxylic acids is 1. The molecule has 3 nitrogen and oxygen atoms in total. The number of rotatable bonds is 8. The van der Waals surface area contributed by atoms with Gasteiger partial charge in [0.25, 0.3) is 0 Å².